The Labute approximate surface area is 190 Å². The minimum atomic E-state index is -0.208. The number of carbonyl (C=O) groups excluding carboxylic acids is 2. The van der Waals surface area contributed by atoms with E-state index in [4.69, 9.17) is 0 Å². The first-order valence-corrected chi connectivity index (χ1v) is 11.0. The highest BCUT2D eigenvalue weighted by Gasteiger charge is 2.09. The van der Waals surface area contributed by atoms with Gasteiger partial charge in [0.25, 0.3) is 5.91 Å². The number of carbonyl (C=O) groups is 2. The summed E-state index contributed by atoms with van der Waals surface area (Å²) in [5, 5.41) is 6.51. The highest BCUT2D eigenvalue weighted by molar-refractivity contribution is 7.99. The van der Waals surface area contributed by atoms with Crippen LogP contribution in [0.4, 0.5) is 11.4 Å². The van der Waals surface area contributed by atoms with Crippen molar-refractivity contribution in [3.63, 3.8) is 0 Å². The van der Waals surface area contributed by atoms with E-state index < -0.39 is 0 Å². The van der Waals surface area contributed by atoms with E-state index in [1.807, 2.05) is 72.4 Å². The van der Waals surface area contributed by atoms with Gasteiger partial charge < -0.3 is 15.2 Å². The van der Waals surface area contributed by atoms with Crippen LogP contribution in [0.15, 0.2) is 96.4 Å². The van der Waals surface area contributed by atoms with Crippen LogP contribution in [-0.4, -0.2) is 27.1 Å². The third-order valence-corrected chi connectivity index (χ3v) is 5.85. The first-order chi connectivity index (χ1) is 15.6. The summed E-state index contributed by atoms with van der Waals surface area (Å²) in [6, 6.07) is 24.6. The third kappa shape index (κ3) is 5.44. The molecule has 6 nitrogen and oxygen atoms in total. The number of imidazole rings is 1. The lowest BCUT2D eigenvalue weighted by Crippen LogP contribution is -2.15. The molecule has 2 amide bonds. The monoisotopic (exact) mass is 442 g/mol. The molecule has 0 bridgehead atoms. The number of benzene rings is 3. The SMILES string of the molecule is Cn1ccnc1SCC(=O)Nc1ccc(C(=O)Nc2ccc(-c3ccccc3)cc2)cc1. The second kappa shape index (κ2) is 9.98. The topological polar surface area (TPSA) is 76.0 Å². The van der Waals surface area contributed by atoms with Crippen LogP contribution in [0.2, 0.25) is 0 Å². The lowest BCUT2D eigenvalue weighted by atomic mass is 10.1. The largest absolute Gasteiger partial charge is 0.329 e. The zero-order valence-corrected chi connectivity index (χ0v) is 18.3. The van der Waals surface area contributed by atoms with E-state index >= 15 is 0 Å². The number of thioether (sulfide) groups is 1. The number of rotatable bonds is 7. The van der Waals surface area contributed by atoms with Crippen LogP contribution in [0.3, 0.4) is 0 Å². The molecular formula is C25H22N4O2S. The summed E-state index contributed by atoms with van der Waals surface area (Å²) in [5.74, 6) is -0.0825. The predicted molar refractivity (Wildman–Crippen MR) is 129 cm³/mol. The summed E-state index contributed by atoms with van der Waals surface area (Å²) < 4.78 is 1.86. The van der Waals surface area contributed by atoms with E-state index in [0.29, 0.717) is 11.3 Å². The van der Waals surface area contributed by atoms with Gasteiger partial charge in [-0.05, 0) is 47.5 Å². The molecule has 0 aliphatic carbocycles. The van der Waals surface area contributed by atoms with Crippen molar-refractivity contribution in [1.29, 1.82) is 0 Å². The van der Waals surface area contributed by atoms with Crippen LogP contribution in [-0.2, 0) is 11.8 Å². The normalized spacial score (nSPS) is 10.5. The van der Waals surface area contributed by atoms with Crippen molar-refractivity contribution >= 4 is 35.0 Å². The number of hydrogen-bond donors (Lipinski definition) is 2. The molecule has 1 aromatic heterocycles. The third-order valence-electron chi connectivity index (χ3n) is 4.79. The maximum Gasteiger partial charge on any atom is 0.255 e. The van der Waals surface area contributed by atoms with Gasteiger partial charge in [-0.25, -0.2) is 4.98 Å². The van der Waals surface area contributed by atoms with Gasteiger partial charge in [-0.1, -0.05) is 54.2 Å². The molecule has 0 aliphatic heterocycles. The van der Waals surface area contributed by atoms with E-state index in [-0.39, 0.29) is 17.6 Å². The van der Waals surface area contributed by atoms with Gasteiger partial charge in [0.05, 0.1) is 5.75 Å². The number of nitrogens with one attached hydrogen (secondary N) is 2. The van der Waals surface area contributed by atoms with Crippen LogP contribution < -0.4 is 10.6 Å². The van der Waals surface area contributed by atoms with Crippen molar-refractivity contribution in [2.75, 3.05) is 16.4 Å². The summed E-state index contributed by atoms with van der Waals surface area (Å²) in [5.41, 5.74) is 4.08. The van der Waals surface area contributed by atoms with Gasteiger partial charge in [-0.2, -0.15) is 0 Å². The van der Waals surface area contributed by atoms with E-state index in [1.54, 1.807) is 30.5 Å². The van der Waals surface area contributed by atoms with Gasteiger partial charge in [0, 0.05) is 36.4 Å². The Balaban J connectivity index is 1.31. The molecule has 0 fully saturated rings. The number of hydrogen-bond acceptors (Lipinski definition) is 4. The van der Waals surface area contributed by atoms with Gasteiger partial charge in [-0.3, -0.25) is 9.59 Å². The first-order valence-electron chi connectivity index (χ1n) is 10.1. The number of amides is 2. The molecule has 4 aromatic rings. The van der Waals surface area contributed by atoms with Crippen molar-refractivity contribution < 1.29 is 9.59 Å². The molecule has 2 N–H and O–H groups in total. The molecule has 0 radical (unpaired) electrons. The zero-order chi connectivity index (χ0) is 22.3. The minimum absolute atomic E-state index is 0.131. The Bertz CT molecular complexity index is 1200. The Morgan fingerprint density at radius 3 is 2.12 bits per heavy atom. The van der Waals surface area contributed by atoms with Gasteiger partial charge in [0.15, 0.2) is 5.16 Å². The van der Waals surface area contributed by atoms with Crippen LogP contribution in [0.5, 0.6) is 0 Å². The molecule has 0 saturated heterocycles. The number of anilines is 2. The Kier molecular flexibility index (Phi) is 6.67. The van der Waals surface area contributed by atoms with Crippen LogP contribution in [0.1, 0.15) is 10.4 Å². The molecule has 0 atom stereocenters. The van der Waals surface area contributed by atoms with Gasteiger partial charge in [0.1, 0.15) is 0 Å². The van der Waals surface area contributed by atoms with Gasteiger partial charge >= 0.3 is 0 Å². The van der Waals surface area contributed by atoms with E-state index in [9.17, 15) is 9.59 Å². The van der Waals surface area contributed by atoms with E-state index in [1.165, 1.54) is 11.8 Å². The molecule has 0 aliphatic rings. The summed E-state index contributed by atoms with van der Waals surface area (Å²) >= 11 is 1.37. The molecule has 0 saturated carbocycles. The summed E-state index contributed by atoms with van der Waals surface area (Å²) in [4.78, 5) is 28.9. The maximum atomic E-state index is 12.6. The predicted octanol–water partition coefficient (Wildman–Crippen LogP) is 5.07. The highest BCUT2D eigenvalue weighted by atomic mass is 32.2. The molecule has 160 valence electrons. The molecule has 7 heteroatoms. The summed E-state index contributed by atoms with van der Waals surface area (Å²) in [6.45, 7) is 0. The average Bonchev–Trinajstić information content (AvgIpc) is 3.24. The van der Waals surface area contributed by atoms with Gasteiger partial charge in [0.2, 0.25) is 5.91 Å². The zero-order valence-electron chi connectivity index (χ0n) is 17.5. The molecular weight excluding hydrogens is 420 g/mol. The van der Waals surface area contributed by atoms with Crippen molar-refractivity contribution in [2.24, 2.45) is 7.05 Å². The number of nitrogens with zero attached hydrogens (tertiary/aromatic N) is 2. The van der Waals surface area contributed by atoms with E-state index in [0.717, 1.165) is 22.0 Å². The smallest absolute Gasteiger partial charge is 0.255 e. The van der Waals surface area contributed by atoms with Crippen molar-refractivity contribution in [1.82, 2.24) is 9.55 Å². The fourth-order valence-corrected chi connectivity index (χ4v) is 3.84. The summed E-state index contributed by atoms with van der Waals surface area (Å²) in [7, 11) is 1.88. The first kappa shape index (κ1) is 21.4. The van der Waals surface area contributed by atoms with Crippen LogP contribution >= 0.6 is 11.8 Å². The van der Waals surface area contributed by atoms with Crippen molar-refractivity contribution in [3.8, 4) is 11.1 Å². The molecule has 1 heterocycles. The number of aromatic nitrogens is 2. The lowest BCUT2D eigenvalue weighted by Gasteiger charge is -2.09. The molecule has 3 aromatic carbocycles. The Morgan fingerprint density at radius 2 is 1.47 bits per heavy atom. The average molecular weight is 443 g/mol. The fraction of sp³-hybridized carbons (Fsp3) is 0.0800. The van der Waals surface area contributed by atoms with Crippen molar-refractivity contribution in [3.05, 3.63) is 96.8 Å². The number of aryl methyl sites for hydroxylation is 1. The van der Waals surface area contributed by atoms with Crippen LogP contribution in [0.25, 0.3) is 11.1 Å². The maximum absolute atomic E-state index is 12.6. The van der Waals surface area contributed by atoms with Crippen LogP contribution in [0, 0.1) is 0 Å². The quantitative estimate of drug-likeness (QED) is 0.392. The molecule has 0 spiro atoms. The summed E-state index contributed by atoms with van der Waals surface area (Å²) in [6.07, 6.45) is 3.53. The molecule has 4 rings (SSSR count). The Hall–Kier alpha value is -3.84. The molecule has 32 heavy (non-hydrogen) atoms. The van der Waals surface area contributed by atoms with Crippen molar-refractivity contribution in [2.45, 2.75) is 5.16 Å². The lowest BCUT2D eigenvalue weighted by molar-refractivity contribution is -0.113. The Morgan fingerprint density at radius 1 is 0.844 bits per heavy atom. The van der Waals surface area contributed by atoms with Gasteiger partial charge in [-0.15, -0.1) is 0 Å². The van der Waals surface area contributed by atoms with E-state index in [2.05, 4.69) is 15.6 Å². The standard InChI is InChI=1S/C25H22N4O2S/c1-29-16-15-26-25(29)32-17-23(30)27-21-13-9-20(10-14-21)24(31)28-22-11-7-19(8-12-22)18-5-3-2-4-6-18/h2-16H,17H2,1H3,(H,27,30)(H,28,31). The fourth-order valence-electron chi connectivity index (χ4n) is 3.10. The highest BCUT2D eigenvalue weighted by Crippen LogP contribution is 2.21. The second-order valence-electron chi connectivity index (χ2n) is 7.13. The second-order valence-corrected chi connectivity index (χ2v) is 8.07. The minimum Gasteiger partial charge on any atom is -0.329 e. The molecule has 0 unspecified atom stereocenters.